The van der Waals surface area contributed by atoms with Crippen molar-refractivity contribution in [2.45, 2.75) is 58.4 Å². The summed E-state index contributed by atoms with van der Waals surface area (Å²) in [6.45, 7) is 5.98. The molecule has 2 aromatic heterocycles. The monoisotopic (exact) mass is 422 g/mol. The van der Waals surface area contributed by atoms with Crippen LogP contribution < -0.4 is 11.0 Å². The van der Waals surface area contributed by atoms with E-state index in [4.69, 9.17) is 0 Å². The molecule has 0 aliphatic heterocycles. The third-order valence-corrected chi connectivity index (χ3v) is 6.89. The molecule has 30 heavy (non-hydrogen) atoms. The fourth-order valence-electron chi connectivity index (χ4n) is 3.79. The second kappa shape index (κ2) is 8.52. The second-order valence-corrected chi connectivity index (χ2v) is 9.16. The van der Waals surface area contributed by atoms with E-state index in [1.807, 2.05) is 12.1 Å². The van der Waals surface area contributed by atoms with E-state index < -0.39 is 6.04 Å². The van der Waals surface area contributed by atoms with Crippen LogP contribution in [0.2, 0.25) is 0 Å². The Labute approximate surface area is 179 Å². The summed E-state index contributed by atoms with van der Waals surface area (Å²) in [6.07, 6.45) is 7.26. The summed E-state index contributed by atoms with van der Waals surface area (Å²) in [5.74, 6) is 0.118. The van der Waals surface area contributed by atoms with Gasteiger partial charge in [0.2, 0.25) is 0 Å². The van der Waals surface area contributed by atoms with Crippen LogP contribution in [0.15, 0.2) is 40.5 Å². The summed E-state index contributed by atoms with van der Waals surface area (Å²) in [6, 6.07) is 7.35. The first-order valence-electron chi connectivity index (χ1n) is 10.4. The van der Waals surface area contributed by atoms with Crippen LogP contribution in [0.4, 0.5) is 0 Å². The number of hydrogen-bond acceptors (Lipinski definition) is 5. The minimum atomic E-state index is -0.700. The molecule has 1 aliphatic rings. The highest BCUT2D eigenvalue weighted by molar-refractivity contribution is 7.18. The molecule has 7 heteroatoms. The average molecular weight is 423 g/mol. The van der Waals surface area contributed by atoms with E-state index >= 15 is 0 Å². The minimum Gasteiger partial charge on any atom is -0.286 e. The van der Waals surface area contributed by atoms with Crippen molar-refractivity contribution in [3.63, 3.8) is 0 Å². The van der Waals surface area contributed by atoms with Crippen molar-refractivity contribution < 1.29 is 4.79 Å². The number of nitrogens with zero attached hydrogens (tertiary/aromatic N) is 3. The Hall–Kier alpha value is -2.80. The largest absolute Gasteiger partial charge is 0.286 e. The molecule has 3 aromatic rings. The van der Waals surface area contributed by atoms with E-state index in [2.05, 4.69) is 41.5 Å². The number of fused-ring (bicyclic) bond motifs is 3. The van der Waals surface area contributed by atoms with Gasteiger partial charge in [0.1, 0.15) is 10.9 Å². The van der Waals surface area contributed by atoms with Crippen molar-refractivity contribution in [2.75, 3.05) is 0 Å². The average Bonchev–Trinajstić information content (AvgIpc) is 3.13. The quantitative estimate of drug-likeness (QED) is 0.495. The lowest BCUT2D eigenvalue weighted by molar-refractivity contribution is -0.123. The summed E-state index contributed by atoms with van der Waals surface area (Å²) >= 11 is 1.61. The summed E-state index contributed by atoms with van der Waals surface area (Å²) in [5.41, 5.74) is 5.68. The molecule has 1 unspecified atom stereocenters. The SMILES string of the molecule is CC(C)c1ccc(C=NNC(=O)C(C)n2cnc3sc4c(c3c2=O)CCCC4)cc1. The molecular weight excluding hydrogens is 396 g/mol. The van der Waals surface area contributed by atoms with E-state index in [0.29, 0.717) is 11.3 Å². The molecule has 0 radical (unpaired) electrons. The molecule has 6 nitrogen and oxygen atoms in total. The van der Waals surface area contributed by atoms with Gasteiger partial charge < -0.3 is 0 Å². The number of thiophene rings is 1. The Kier molecular flexibility index (Phi) is 5.81. The number of carbonyl (C=O) groups excluding carboxylic acids is 1. The highest BCUT2D eigenvalue weighted by Crippen LogP contribution is 2.33. The van der Waals surface area contributed by atoms with Crippen molar-refractivity contribution in [1.29, 1.82) is 0 Å². The lowest BCUT2D eigenvalue weighted by atomic mass is 9.97. The highest BCUT2D eigenvalue weighted by atomic mass is 32.1. The van der Waals surface area contributed by atoms with Crippen LogP contribution in [0.5, 0.6) is 0 Å². The molecule has 1 aliphatic carbocycles. The van der Waals surface area contributed by atoms with Crippen LogP contribution in [0.1, 0.15) is 67.1 Å². The number of nitrogens with one attached hydrogen (secondary N) is 1. The van der Waals surface area contributed by atoms with Crippen LogP contribution in [0, 0.1) is 0 Å². The first kappa shape index (κ1) is 20.5. The maximum absolute atomic E-state index is 13.1. The molecule has 1 aromatic carbocycles. The summed E-state index contributed by atoms with van der Waals surface area (Å²) in [5, 5.41) is 4.74. The van der Waals surface area contributed by atoms with Gasteiger partial charge in [-0.25, -0.2) is 10.4 Å². The van der Waals surface area contributed by atoms with Gasteiger partial charge in [-0.05, 0) is 55.2 Å². The van der Waals surface area contributed by atoms with Gasteiger partial charge in [-0.15, -0.1) is 11.3 Å². The molecular formula is C23H26N4O2S. The smallest absolute Gasteiger partial charge is 0.263 e. The highest BCUT2D eigenvalue weighted by Gasteiger charge is 2.23. The minimum absolute atomic E-state index is 0.143. The number of carbonyl (C=O) groups is 1. The molecule has 4 rings (SSSR count). The molecule has 0 spiro atoms. The zero-order chi connectivity index (χ0) is 21.3. The predicted molar refractivity (Wildman–Crippen MR) is 122 cm³/mol. The fourth-order valence-corrected chi connectivity index (χ4v) is 5.01. The summed E-state index contributed by atoms with van der Waals surface area (Å²) < 4.78 is 1.41. The lowest BCUT2D eigenvalue weighted by Gasteiger charge is -2.14. The molecule has 0 saturated carbocycles. The van der Waals surface area contributed by atoms with E-state index in [0.717, 1.165) is 41.6 Å². The molecule has 0 bridgehead atoms. The third kappa shape index (κ3) is 3.94. The maximum atomic E-state index is 13.1. The van der Waals surface area contributed by atoms with Crippen LogP contribution in [0.25, 0.3) is 10.2 Å². The molecule has 1 N–H and O–H groups in total. The van der Waals surface area contributed by atoms with Crippen molar-refractivity contribution in [2.24, 2.45) is 5.10 Å². The fraction of sp³-hybridized carbons (Fsp3) is 0.391. The number of aromatic nitrogens is 2. The van der Waals surface area contributed by atoms with Crippen molar-refractivity contribution in [3.05, 3.63) is 62.5 Å². The molecule has 2 heterocycles. The Morgan fingerprint density at radius 1 is 1.20 bits per heavy atom. The Morgan fingerprint density at radius 2 is 1.93 bits per heavy atom. The van der Waals surface area contributed by atoms with Crippen molar-refractivity contribution >= 4 is 33.7 Å². The summed E-state index contributed by atoms with van der Waals surface area (Å²) in [7, 11) is 0. The van der Waals surface area contributed by atoms with Crippen molar-refractivity contribution in [1.82, 2.24) is 15.0 Å². The zero-order valence-corrected chi connectivity index (χ0v) is 18.3. The van der Waals surface area contributed by atoms with Crippen LogP contribution in [-0.2, 0) is 17.6 Å². The number of aryl methyl sites for hydroxylation is 2. The number of hydrazone groups is 1. The Morgan fingerprint density at radius 3 is 2.67 bits per heavy atom. The number of rotatable bonds is 5. The third-order valence-electron chi connectivity index (χ3n) is 5.69. The van der Waals surface area contributed by atoms with Gasteiger partial charge in [0.15, 0.2) is 0 Å². The zero-order valence-electron chi connectivity index (χ0n) is 17.5. The first-order valence-corrected chi connectivity index (χ1v) is 11.2. The maximum Gasteiger partial charge on any atom is 0.263 e. The first-order chi connectivity index (χ1) is 14.5. The standard InChI is InChI=1S/C23H26N4O2S/c1-14(2)17-10-8-16(9-11-17)12-25-26-21(28)15(3)27-13-24-22-20(23(27)29)18-6-4-5-7-19(18)30-22/h8-15H,4-7H2,1-3H3,(H,26,28). The topological polar surface area (TPSA) is 76.3 Å². The van der Waals surface area contributed by atoms with E-state index in [9.17, 15) is 9.59 Å². The van der Waals surface area contributed by atoms with Crippen LogP contribution in [0.3, 0.4) is 0 Å². The van der Waals surface area contributed by atoms with Gasteiger partial charge in [-0.3, -0.25) is 14.2 Å². The van der Waals surface area contributed by atoms with E-state index in [-0.39, 0.29) is 11.5 Å². The van der Waals surface area contributed by atoms with Gasteiger partial charge in [0, 0.05) is 4.88 Å². The Bertz CT molecular complexity index is 1160. The van der Waals surface area contributed by atoms with Crippen LogP contribution in [-0.4, -0.2) is 21.7 Å². The number of benzene rings is 1. The Balaban J connectivity index is 1.50. The molecule has 0 fully saturated rings. The molecule has 0 saturated heterocycles. The normalized spacial score (nSPS) is 14.9. The van der Waals surface area contributed by atoms with Gasteiger partial charge in [0.25, 0.3) is 11.5 Å². The molecule has 1 amide bonds. The van der Waals surface area contributed by atoms with E-state index in [1.165, 1.54) is 21.3 Å². The van der Waals surface area contributed by atoms with E-state index in [1.54, 1.807) is 24.5 Å². The van der Waals surface area contributed by atoms with Crippen molar-refractivity contribution in [3.8, 4) is 0 Å². The van der Waals surface area contributed by atoms with Gasteiger partial charge in [-0.1, -0.05) is 38.1 Å². The lowest BCUT2D eigenvalue weighted by Crippen LogP contribution is -2.34. The van der Waals surface area contributed by atoms with Gasteiger partial charge in [-0.2, -0.15) is 5.10 Å². The molecule has 156 valence electrons. The molecule has 1 atom stereocenters. The number of hydrogen-bond donors (Lipinski definition) is 1. The predicted octanol–water partition coefficient (Wildman–Crippen LogP) is 4.17. The second-order valence-electron chi connectivity index (χ2n) is 8.08. The van der Waals surface area contributed by atoms with Crippen LogP contribution >= 0.6 is 11.3 Å². The van der Waals surface area contributed by atoms with Gasteiger partial charge >= 0.3 is 0 Å². The number of amides is 1. The summed E-state index contributed by atoms with van der Waals surface area (Å²) in [4.78, 5) is 32.2. The van der Waals surface area contributed by atoms with Gasteiger partial charge in [0.05, 0.1) is 17.9 Å².